The van der Waals surface area contributed by atoms with Gasteiger partial charge in [-0.15, -0.1) is 16.8 Å². The van der Waals surface area contributed by atoms with Crippen LogP contribution < -0.4 is 4.74 Å². The minimum atomic E-state index is 0.455. The van der Waals surface area contributed by atoms with E-state index in [0.29, 0.717) is 11.8 Å². The molecule has 1 saturated heterocycles. The van der Waals surface area contributed by atoms with Gasteiger partial charge in [0.1, 0.15) is 5.75 Å². The number of nitrogens with zero attached hydrogens (tertiary/aromatic N) is 3. The molecule has 0 N–H and O–H groups in total. The van der Waals surface area contributed by atoms with E-state index >= 15 is 0 Å². The van der Waals surface area contributed by atoms with E-state index in [1.165, 1.54) is 0 Å². The van der Waals surface area contributed by atoms with E-state index in [0.717, 1.165) is 41.9 Å². The Morgan fingerprint density at radius 1 is 1.41 bits per heavy atom. The highest BCUT2D eigenvalue weighted by molar-refractivity contribution is 7.99. The van der Waals surface area contributed by atoms with Crippen molar-refractivity contribution in [1.82, 2.24) is 14.8 Å². The van der Waals surface area contributed by atoms with Crippen LogP contribution in [0.4, 0.5) is 0 Å². The molecule has 2 aromatic rings. The van der Waals surface area contributed by atoms with E-state index < -0.39 is 0 Å². The maximum Gasteiger partial charge on any atom is 0.192 e. The van der Waals surface area contributed by atoms with Gasteiger partial charge < -0.3 is 9.47 Å². The normalized spacial score (nSPS) is 17.6. The molecule has 116 valence electrons. The molecule has 0 spiro atoms. The van der Waals surface area contributed by atoms with Crippen LogP contribution >= 0.6 is 11.8 Å². The first-order valence-electron chi connectivity index (χ1n) is 7.24. The number of ether oxygens (including phenoxy) is 2. The Labute approximate surface area is 134 Å². The first kappa shape index (κ1) is 15.1. The lowest BCUT2D eigenvalue weighted by Gasteiger charge is -2.10. The topological polar surface area (TPSA) is 49.2 Å². The number of benzene rings is 1. The number of thioether (sulfide) groups is 1. The second kappa shape index (κ2) is 6.98. The van der Waals surface area contributed by atoms with Gasteiger partial charge in [-0.05, 0) is 30.7 Å². The summed E-state index contributed by atoms with van der Waals surface area (Å²) in [4.78, 5) is 0. The van der Waals surface area contributed by atoms with Crippen molar-refractivity contribution in [3.63, 3.8) is 0 Å². The molecule has 1 aromatic carbocycles. The van der Waals surface area contributed by atoms with Crippen molar-refractivity contribution in [2.75, 3.05) is 20.3 Å². The molecule has 0 aliphatic carbocycles. The molecule has 1 aliphatic rings. The summed E-state index contributed by atoms with van der Waals surface area (Å²) in [5.41, 5.74) is 1.02. The van der Waals surface area contributed by atoms with Crippen LogP contribution in [0.5, 0.6) is 5.75 Å². The van der Waals surface area contributed by atoms with Crippen LogP contribution in [0.3, 0.4) is 0 Å². The summed E-state index contributed by atoms with van der Waals surface area (Å²) in [5, 5.41) is 10.1. The summed E-state index contributed by atoms with van der Waals surface area (Å²) in [6.45, 7) is 6.14. The third-order valence-corrected chi connectivity index (χ3v) is 4.75. The summed E-state index contributed by atoms with van der Waals surface area (Å²) in [7, 11) is 1.66. The van der Waals surface area contributed by atoms with Gasteiger partial charge in [0.25, 0.3) is 0 Å². The smallest absolute Gasteiger partial charge is 0.192 e. The van der Waals surface area contributed by atoms with Crippen molar-refractivity contribution in [2.45, 2.75) is 23.4 Å². The van der Waals surface area contributed by atoms with Crippen LogP contribution in [0.2, 0.25) is 0 Å². The maximum absolute atomic E-state index is 5.43. The van der Waals surface area contributed by atoms with Gasteiger partial charge in [0, 0.05) is 24.0 Å². The fourth-order valence-electron chi connectivity index (χ4n) is 2.38. The van der Waals surface area contributed by atoms with Crippen LogP contribution in [0.25, 0.3) is 11.4 Å². The van der Waals surface area contributed by atoms with Crippen LogP contribution in [0, 0.1) is 0 Å². The lowest BCUT2D eigenvalue weighted by molar-refractivity contribution is 0.199. The standard InChI is InChI=1S/C16H19N3O2S/c1-3-9-19-15(12-4-6-13(20-2)7-5-12)17-18-16(19)22-14-8-10-21-11-14/h3-7,14H,1,8-11H2,2H3. The third kappa shape index (κ3) is 3.18. The van der Waals surface area contributed by atoms with Gasteiger partial charge in [0.05, 0.1) is 13.7 Å². The summed E-state index contributed by atoms with van der Waals surface area (Å²) in [5.74, 6) is 1.68. The molecule has 1 unspecified atom stereocenters. The van der Waals surface area contributed by atoms with Crippen molar-refractivity contribution >= 4 is 11.8 Å². The molecule has 1 fully saturated rings. The number of aromatic nitrogens is 3. The maximum atomic E-state index is 5.43. The van der Waals surface area contributed by atoms with E-state index in [-0.39, 0.29) is 0 Å². The Morgan fingerprint density at radius 2 is 2.23 bits per heavy atom. The fourth-order valence-corrected chi connectivity index (χ4v) is 3.43. The van der Waals surface area contributed by atoms with E-state index in [2.05, 4.69) is 21.3 Å². The summed E-state index contributed by atoms with van der Waals surface area (Å²) < 4.78 is 12.7. The predicted octanol–water partition coefficient (Wildman–Crippen LogP) is 3.02. The van der Waals surface area contributed by atoms with Crippen LogP contribution in [0.1, 0.15) is 6.42 Å². The molecule has 0 bridgehead atoms. The SMILES string of the molecule is C=CCn1c(SC2CCOC2)nnc1-c1ccc(OC)cc1. The number of hydrogen-bond acceptors (Lipinski definition) is 5. The molecule has 0 amide bonds. The molecule has 1 aromatic heterocycles. The summed E-state index contributed by atoms with van der Waals surface area (Å²) in [6, 6.07) is 7.85. The van der Waals surface area contributed by atoms with E-state index in [4.69, 9.17) is 9.47 Å². The summed E-state index contributed by atoms with van der Waals surface area (Å²) in [6.07, 6.45) is 2.93. The molecule has 5 nitrogen and oxygen atoms in total. The van der Waals surface area contributed by atoms with Crippen molar-refractivity contribution in [2.24, 2.45) is 0 Å². The Kier molecular flexibility index (Phi) is 4.80. The Bertz CT molecular complexity index is 633. The van der Waals surface area contributed by atoms with Crippen molar-refractivity contribution in [3.05, 3.63) is 36.9 Å². The number of allylic oxidation sites excluding steroid dienone is 1. The predicted molar refractivity (Wildman–Crippen MR) is 87.3 cm³/mol. The largest absolute Gasteiger partial charge is 0.497 e. The number of hydrogen-bond donors (Lipinski definition) is 0. The zero-order valence-electron chi connectivity index (χ0n) is 12.6. The van der Waals surface area contributed by atoms with Crippen LogP contribution in [-0.2, 0) is 11.3 Å². The first-order chi connectivity index (χ1) is 10.8. The second-order valence-corrected chi connectivity index (χ2v) is 6.30. The average Bonchev–Trinajstić information content (AvgIpc) is 3.19. The molecular formula is C16H19N3O2S. The van der Waals surface area contributed by atoms with Gasteiger partial charge in [-0.3, -0.25) is 4.57 Å². The third-order valence-electron chi connectivity index (χ3n) is 3.54. The quantitative estimate of drug-likeness (QED) is 0.767. The Hall–Kier alpha value is -1.79. The van der Waals surface area contributed by atoms with Crippen molar-refractivity contribution < 1.29 is 9.47 Å². The lowest BCUT2D eigenvalue weighted by Crippen LogP contribution is -2.06. The Morgan fingerprint density at radius 3 is 2.86 bits per heavy atom. The molecule has 0 saturated carbocycles. The zero-order valence-corrected chi connectivity index (χ0v) is 13.4. The molecule has 0 radical (unpaired) electrons. The molecule has 3 rings (SSSR count). The first-order valence-corrected chi connectivity index (χ1v) is 8.12. The molecule has 1 aliphatic heterocycles. The highest BCUT2D eigenvalue weighted by atomic mass is 32.2. The van der Waals surface area contributed by atoms with Gasteiger partial charge in [-0.25, -0.2) is 0 Å². The minimum Gasteiger partial charge on any atom is -0.497 e. The van der Waals surface area contributed by atoms with E-state index in [1.807, 2.05) is 30.3 Å². The van der Waals surface area contributed by atoms with Gasteiger partial charge in [-0.2, -0.15) is 0 Å². The molecule has 22 heavy (non-hydrogen) atoms. The molecule has 2 heterocycles. The summed E-state index contributed by atoms with van der Waals surface area (Å²) >= 11 is 1.73. The molecule has 1 atom stereocenters. The van der Waals surface area contributed by atoms with Gasteiger partial charge in [0.2, 0.25) is 0 Å². The number of rotatable bonds is 6. The van der Waals surface area contributed by atoms with Gasteiger partial charge in [0.15, 0.2) is 11.0 Å². The van der Waals surface area contributed by atoms with Crippen molar-refractivity contribution in [1.29, 1.82) is 0 Å². The highest BCUT2D eigenvalue weighted by Crippen LogP contribution is 2.30. The molecular weight excluding hydrogens is 298 g/mol. The average molecular weight is 317 g/mol. The van der Waals surface area contributed by atoms with E-state index in [1.54, 1.807) is 18.9 Å². The van der Waals surface area contributed by atoms with Crippen molar-refractivity contribution in [3.8, 4) is 17.1 Å². The Balaban J connectivity index is 1.89. The van der Waals surface area contributed by atoms with Gasteiger partial charge >= 0.3 is 0 Å². The highest BCUT2D eigenvalue weighted by Gasteiger charge is 2.21. The zero-order chi connectivity index (χ0) is 15.4. The fraction of sp³-hybridized carbons (Fsp3) is 0.375. The minimum absolute atomic E-state index is 0.455. The van der Waals surface area contributed by atoms with E-state index in [9.17, 15) is 0 Å². The second-order valence-electron chi connectivity index (χ2n) is 5.04. The van der Waals surface area contributed by atoms with Gasteiger partial charge in [-0.1, -0.05) is 17.8 Å². The van der Waals surface area contributed by atoms with Crippen LogP contribution in [-0.4, -0.2) is 40.3 Å². The van der Waals surface area contributed by atoms with Crippen LogP contribution in [0.15, 0.2) is 42.1 Å². The lowest BCUT2D eigenvalue weighted by atomic mass is 10.2. The number of methoxy groups -OCH3 is 1. The monoisotopic (exact) mass is 317 g/mol. The molecule has 6 heteroatoms.